The summed E-state index contributed by atoms with van der Waals surface area (Å²) in [5, 5.41) is 30.8. The van der Waals surface area contributed by atoms with Crippen molar-refractivity contribution in [3.8, 4) is 0 Å². The summed E-state index contributed by atoms with van der Waals surface area (Å²) in [6, 6.07) is 4.33. The number of allylic oxidation sites excluding steroid dienone is 1. The summed E-state index contributed by atoms with van der Waals surface area (Å²) in [4.78, 5) is 65.5. The Morgan fingerprint density at radius 3 is 2.27 bits per heavy atom. The van der Waals surface area contributed by atoms with Crippen LogP contribution in [0.4, 0.5) is 0 Å². The van der Waals surface area contributed by atoms with E-state index in [1.54, 1.807) is 6.08 Å². The summed E-state index contributed by atoms with van der Waals surface area (Å²) in [5.41, 5.74) is 11.1. The van der Waals surface area contributed by atoms with E-state index in [1.165, 1.54) is 0 Å². The Morgan fingerprint density at radius 2 is 1.63 bits per heavy atom. The number of nitrogens with one attached hydrogen (secondary N) is 3. The third kappa shape index (κ3) is 7.03. The molecule has 0 spiro atoms. The number of nitrogens with zero attached hydrogens (tertiary/aromatic N) is 2. The van der Waals surface area contributed by atoms with E-state index >= 15 is 0 Å². The van der Waals surface area contributed by atoms with E-state index in [1.807, 2.05) is 39.0 Å². The average molecular weight is 668 g/mol. The van der Waals surface area contributed by atoms with E-state index in [0.29, 0.717) is 28.3 Å². The standard InChI is InChI=1S/C37H41N5O7/c1-7-21-19(5)27-15-31-22(8-2)18(4)26(39-31)14-28-20(6)23(9-10-34(44)45)36(42-28)24(12-33(43)41-32(37(48)49)16-35(46)47)29-11-17(3)25(38-29)13-30(21)40-27/h8,11,13-15,20,23,32,39-40H,2,7,9-10,12,16H2,1,3-6H3,(H,41,43)(H,44,45)(H,46,47)(H,48,49)/t20-,23-,32-/m0/s1. The van der Waals surface area contributed by atoms with E-state index in [2.05, 4.69) is 41.8 Å². The van der Waals surface area contributed by atoms with Crippen molar-refractivity contribution >= 4 is 63.6 Å². The smallest absolute Gasteiger partial charge is 0.326 e. The maximum atomic E-state index is 13.5. The molecule has 3 aromatic rings. The highest BCUT2D eigenvalue weighted by atomic mass is 16.4. The maximum Gasteiger partial charge on any atom is 0.326 e. The minimum absolute atomic E-state index is 0.137. The first kappa shape index (κ1) is 34.8. The lowest BCUT2D eigenvalue weighted by atomic mass is 9.85. The first-order valence-electron chi connectivity index (χ1n) is 16.2. The fourth-order valence-electron chi connectivity index (χ4n) is 6.82. The van der Waals surface area contributed by atoms with Crippen molar-refractivity contribution in [3.63, 3.8) is 0 Å². The molecule has 6 N–H and O–H groups in total. The van der Waals surface area contributed by atoms with Crippen LogP contribution in [-0.2, 0) is 32.0 Å². The molecule has 256 valence electrons. The Bertz CT molecular complexity index is 2090. The second-order valence-electron chi connectivity index (χ2n) is 12.7. The summed E-state index contributed by atoms with van der Waals surface area (Å²) < 4.78 is 0. The van der Waals surface area contributed by atoms with Gasteiger partial charge in [-0.05, 0) is 80.2 Å². The monoisotopic (exact) mass is 667 g/mol. The summed E-state index contributed by atoms with van der Waals surface area (Å²) in [6.45, 7) is 14.1. The van der Waals surface area contributed by atoms with Crippen molar-refractivity contribution < 1.29 is 34.5 Å². The normalized spacial score (nSPS) is 16.1. The number of carbonyl (C=O) groups is 4. The number of aromatic nitrogens is 4. The van der Waals surface area contributed by atoms with Gasteiger partial charge in [-0.1, -0.05) is 26.5 Å². The van der Waals surface area contributed by atoms with Gasteiger partial charge in [-0.15, -0.1) is 0 Å². The van der Waals surface area contributed by atoms with Crippen LogP contribution in [0.25, 0.3) is 39.8 Å². The van der Waals surface area contributed by atoms with Gasteiger partial charge >= 0.3 is 17.9 Å². The van der Waals surface area contributed by atoms with Gasteiger partial charge in [0.2, 0.25) is 5.91 Å². The number of rotatable bonds is 11. The maximum absolute atomic E-state index is 13.5. The third-order valence-corrected chi connectivity index (χ3v) is 9.54. The largest absolute Gasteiger partial charge is 0.481 e. The van der Waals surface area contributed by atoms with Gasteiger partial charge < -0.3 is 30.6 Å². The van der Waals surface area contributed by atoms with E-state index in [9.17, 15) is 34.5 Å². The molecule has 12 heteroatoms. The molecule has 0 saturated carbocycles. The van der Waals surface area contributed by atoms with Gasteiger partial charge in [-0.2, -0.15) is 0 Å². The Kier molecular flexibility index (Phi) is 9.88. The molecular weight excluding hydrogens is 626 g/mol. The van der Waals surface area contributed by atoms with Crippen LogP contribution in [-0.4, -0.2) is 65.1 Å². The molecule has 3 aromatic heterocycles. The average Bonchev–Trinajstić information content (AvgIpc) is 3.72. The fraction of sp³-hybridized carbons (Fsp3) is 0.351. The van der Waals surface area contributed by atoms with Crippen molar-refractivity contribution in [1.29, 1.82) is 0 Å². The number of carboxylic acid groups (broad SMARTS) is 3. The summed E-state index contributed by atoms with van der Waals surface area (Å²) in [6.07, 6.45) is 3.36. The topological polar surface area (TPSA) is 198 Å². The number of amides is 1. The SMILES string of the molecule is C=Cc1c(C)c2cc3nc(c(CC(=O)N[C@@H](CC(=O)O)C(=O)O)c4nc(cc5[nH]c(cc1[nH]2)c(C)c5CC)C(C)=C4)[C@@H](CCC(=O)O)[C@@H]3C. The van der Waals surface area contributed by atoms with Crippen LogP contribution in [0.5, 0.6) is 0 Å². The molecule has 0 aromatic carbocycles. The zero-order valence-electron chi connectivity index (χ0n) is 28.2. The highest BCUT2D eigenvalue weighted by Crippen LogP contribution is 2.42. The number of aliphatic carboxylic acids is 3. The van der Waals surface area contributed by atoms with Gasteiger partial charge in [-0.3, -0.25) is 19.4 Å². The summed E-state index contributed by atoms with van der Waals surface area (Å²) in [5.74, 6) is -5.18. The molecule has 3 atom stereocenters. The number of aryl methyl sites for hydroxylation is 3. The van der Waals surface area contributed by atoms with Crippen LogP contribution in [0.1, 0.15) is 102 Å². The zero-order chi connectivity index (χ0) is 35.7. The van der Waals surface area contributed by atoms with E-state index < -0.39 is 42.2 Å². The zero-order valence-corrected chi connectivity index (χ0v) is 28.2. The van der Waals surface area contributed by atoms with Crippen LogP contribution in [0.15, 0.2) is 24.8 Å². The Balaban J connectivity index is 1.87. The fourth-order valence-corrected chi connectivity index (χ4v) is 6.82. The second-order valence-corrected chi connectivity index (χ2v) is 12.7. The predicted molar refractivity (Wildman–Crippen MR) is 187 cm³/mol. The van der Waals surface area contributed by atoms with Crippen molar-refractivity contribution in [2.75, 3.05) is 0 Å². The van der Waals surface area contributed by atoms with Gasteiger partial charge in [0.25, 0.3) is 0 Å². The molecule has 1 amide bonds. The number of carbonyl (C=O) groups excluding carboxylic acids is 1. The first-order chi connectivity index (χ1) is 23.2. The molecule has 5 rings (SSSR count). The molecule has 8 bridgehead atoms. The number of H-pyrrole nitrogens is 2. The molecule has 0 aliphatic carbocycles. The van der Waals surface area contributed by atoms with Crippen LogP contribution >= 0.6 is 0 Å². The lowest BCUT2D eigenvalue weighted by molar-refractivity contribution is -0.147. The van der Waals surface area contributed by atoms with Crippen molar-refractivity contribution in [3.05, 3.63) is 75.4 Å². The molecule has 12 nitrogen and oxygen atoms in total. The Morgan fingerprint density at radius 1 is 0.939 bits per heavy atom. The molecule has 2 aliphatic rings. The second kappa shape index (κ2) is 13.9. The van der Waals surface area contributed by atoms with Crippen molar-refractivity contribution in [1.82, 2.24) is 25.3 Å². The van der Waals surface area contributed by atoms with Gasteiger partial charge in [0.05, 0.1) is 29.9 Å². The predicted octanol–water partition coefficient (Wildman–Crippen LogP) is 6.04. The molecule has 0 fully saturated rings. The quantitative estimate of drug-likeness (QED) is 0.141. The number of fused-ring (bicyclic) bond motifs is 8. The first-order valence-corrected chi connectivity index (χ1v) is 16.2. The van der Waals surface area contributed by atoms with Gasteiger partial charge in [0.1, 0.15) is 6.04 Å². The van der Waals surface area contributed by atoms with E-state index in [0.717, 1.165) is 56.3 Å². The molecule has 2 aliphatic heterocycles. The summed E-state index contributed by atoms with van der Waals surface area (Å²) in [7, 11) is 0. The molecule has 49 heavy (non-hydrogen) atoms. The number of carboxylic acids is 3. The van der Waals surface area contributed by atoms with Crippen molar-refractivity contribution in [2.45, 2.75) is 84.6 Å². The number of hydrogen-bond acceptors (Lipinski definition) is 6. The van der Waals surface area contributed by atoms with E-state index in [4.69, 9.17) is 9.97 Å². The van der Waals surface area contributed by atoms with Gasteiger partial charge in [0.15, 0.2) is 0 Å². The highest BCUT2D eigenvalue weighted by molar-refractivity contribution is 5.90. The number of aromatic amines is 2. The molecular formula is C37H41N5O7. The van der Waals surface area contributed by atoms with Crippen LogP contribution in [0.3, 0.4) is 0 Å². The Labute approximate surface area is 283 Å². The molecule has 0 radical (unpaired) electrons. The van der Waals surface area contributed by atoms with Crippen LogP contribution < -0.4 is 5.32 Å². The van der Waals surface area contributed by atoms with Crippen molar-refractivity contribution in [2.24, 2.45) is 0 Å². The van der Waals surface area contributed by atoms with E-state index in [-0.39, 0.29) is 25.2 Å². The minimum atomic E-state index is -1.64. The third-order valence-electron chi connectivity index (χ3n) is 9.54. The molecule has 5 heterocycles. The van der Waals surface area contributed by atoms with Gasteiger partial charge in [-0.25, -0.2) is 9.78 Å². The van der Waals surface area contributed by atoms with Crippen LogP contribution in [0, 0.1) is 13.8 Å². The van der Waals surface area contributed by atoms with Crippen LogP contribution in [0.2, 0.25) is 0 Å². The minimum Gasteiger partial charge on any atom is -0.481 e. The highest BCUT2D eigenvalue weighted by Gasteiger charge is 2.33. The lowest BCUT2D eigenvalue weighted by Gasteiger charge is -2.18. The molecule has 0 unspecified atom stereocenters. The van der Waals surface area contributed by atoms with Gasteiger partial charge in [0, 0.05) is 57.1 Å². The lowest BCUT2D eigenvalue weighted by Crippen LogP contribution is -2.43. The number of hydrogen-bond donors (Lipinski definition) is 6. The molecule has 0 saturated heterocycles. The Hall–Kier alpha value is -5.52. The summed E-state index contributed by atoms with van der Waals surface area (Å²) >= 11 is 0.